The smallest absolute Gasteiger partial charge is 0.410 e. The Morgan fingerprint density at radius 3 is 2.57 bits per heavy atom. The number of nitrogens with zero attached hydrogens (tertiary/aromatic N) is 5. The summed E-state index contributed by atoms with van der Waals surface area (Å²) in [4.78, 5) is 23.0. The zero-order valence-electron chi connectivity index (χ0n) is 20.9. The van der Waals surface area contributed by atoms with Gasteiger partial charge in [-0.2, -0.15) is 5.10 Å². The van der Waals surface area contributed by atoms with Crippen LogP contribution >= 0.6 is 11.6 Å². The van der Waals surface area contributed by atoms with Gasteiger partial charge in [-0.15, -0.1) is 0 Å². The molecule has 1 amide bonds. The molecular weight excluding hydrogens is 495 g/mol. The van der Waals surface area contributed by atoms with Gasteiger partial charge in [0, 0.05) is 53.8 Å². The Morgan fingerprint density at radius 1 is 1.08 bits per heavy atom. The number of likely N-dealkylation sites (tertiary alicyclic amines) is 1. The molecule has 1 aromatic carbocycles. The van der Waals surface area contributed by atoms with Gasteiger partial charge < -0.3 is 15.4 Å². The van der Waals surface area contributed by atoms with E-state index in [1.54, 1.807) is 29.6 Å². The largest absolute Gasteiger partial charge is 0.444 e. The molecule has 0 saturated carbocycles. The molecule has 0 radical (unpaired) electrons. The van der Waals surface area contributed by atoms with Crippen molar-refractivity contribution in [3.8, 4) is 22.4 Å². The molecule has 37 heavy (non-hydrogen) atoms. The Bertz CT molecular complexity index is 1470. The second-order valence-electron chi connectivity index (χ2n) is 10.2. The zero-order chi connectivity index (χ0) is 26.3. The standard InChI is InChI=1S/C27H28ClFN6O2/c1-27(2,3)37-26(36)34-6-4-20(5-7-34)35-15-18(13-33-35)17-9-21(25(30)32-12-17)24-10-16-8-19(29)11-23(28)22(16)14-31-24/h8-15,20H,4-7H2,1-3H3,(H2,30,32). The van der Waals surface area contributed by atoms with Crippen LogP contribution in [0.15, 0.2) is 49.1 Å². The summed E-state index contributed by atoms with van der Waals surface area (Å²) in [5.41, 5.74) is 8.61. The van der Waals surface area contributed by atoms with Crippen LogP contribution in [0.5, 0.6) is 0 Å². The van der Waals surface area contributed by atoms with Gasteiger partial charge in [0.2, 0.25) is 0 Å². The summed E-state index contributed by atoms with van der Waals surface area (Å²) in [6, 6.07) is 6.52. The first-order valence-corrected chi connectivity index (χ1v) is 12.5. The molecule has 192 valence electrons. The Morgan fingerprint density at radius 2 is 1.84 bits per heavy atom. The molecule has 0 spiro atoms. The van der Waals surface area contributed by atoms with E-state index in [1.807, 2.05) is 37.7 Å². The number of piperidine rings is 1. The molecule has 2 N–H and O–H groups in total. The number of amides is 1. The van der Waals surface area contributed by atoms with E-state index >= 15 is 0 Å². The lowest BCUT2D eigenvalue weighted by atomic mass is 10.0. The topological polar surface area (TPSA) is 99.2 Å². The molecule has 4 aromatic rings. The highest BCUT2D eigenvalue weighted by Gasteiger charge is 2.28. The van der Waals surface area contributed by atoms with E-state index in [4.69, 9.17) is 22.1 Å². The first-order valence-electron chi connectivity index (χ1n) is 12.1. The number of anilines is 1. The van der Waals surface area contributed by atoms with Crippen molar-refractivity contribution in [3.05, 3.63) is 59.9 Å². The Balaban J connectivity index is 1.35. The third kappa shape index (κ3) is 5.36. The molecule has 8 nitrogen and oxygen atoms in total. The fourth-order valence-corrected chi connectivity index (χ4v) is 4.75. The van der Waals surface area contributed by atoms with Crippen molar-refractivity contribution < 1.29 is 13.9 Å². The summed E-state index contributed by atoms with van der Waals surface area (Å²) in [5.74, 6) is -0.0983. The van der Waals surface area contributed by atoms with Crippen LogP contribution < -0.4 is 5.73 Å². The van der Waals surface area contributed by atoms with Gasteiger partial charge in [0.1, 0.15) is 17.2 Å². The normalized spacial score (nSPS) is 14.8. The third-order valence-electron chi connectivity index (χ3n) is 6.37. The summed E-state index contributed by atoms with van der Waals surface area (Å²) in [6.07, 6.45) is 8.37. The Kier molecular flexibility index (Phi) is 6.49. The second kappa shape index (κ2) is 9.63. The van der Waals surface area contributed by atoms with E-state index in [-0.39, 0.29) is 12.1 Å². The van der Waals surface area contributed by atoms with Crippen LogP contribution in [0.4, 0.5) is 15.0 Å². The maximum atomic E-state index is 13.9. The van der Waals surface area contributed by atoms with Crippen molar-refractivity contribution in [2.45, 2.75) is 45.3 Å². The highest BCUT2D eigenvalue weighted by Crippen LogP contribution is 2.33. The summed E-state index contributed by atoms with van der Waals surface area (Å²) < 4.78 is 21.3. The van der Waals surface area contributed by atoms with Gasteiger partial charge in [-0.1, -0.05) is 11.6 Å². The molecule has 5 rings (SSSR count). The number of carbonyl (C=O) groups is 1. The number of hydrogen-bond acceptors (Lipinski definition) is 6. The minimum absolute atomic E-state index is 0.176. The number of rotatable bonds is 3. The van der Waals surface area contributed by atoms with Crippen LogP contribution in [0.2, 0.25) is 5.02 Å². The maximum absolute atomic E-state index is 13.9. The van der Waals surface area contributed by atoms with E-state index < -0.39 is 11.4 Å². The van der Waals surface area contributed by atoms with Crippen LogP contribution in [-0.4, -0.2) is 49.4 Å². The number of halogens is 2. The van der Waals surface area contributed by atoms with Crippen LogP contribution in [0.3, 0.4) is 0 Å². The van der Waals surface area contributed by atoms with Gasteiger partial charge in [0.25, 0.3) is 0 Å². The minimum atomic E-state index is -0.512. The molecule has 10 heteroatoms. The molecule has 0 atom stereocenters. The van der Waals surface area contributed by atoms with Gasteiger partial charge in [0.05, 0.1) is 23.0 Å². The van der Waals surface area contributed by atoms with E-state index in [0.717, 1.165) is 24.0 Å². The predicted octanol–water partition coefficient (Wildman–Crippen LogP) is 6.11. The molecule has 0 unspecified atom stereocenters. The average molecular weight is 523 g/mol. The second-order valence-corrected chi connectivity index (χ2v) is 10.6. The maximum Gasteiger partial charge on any atom is 0.410 e. The molecule has 4 heterocycles. The lowest BCUT2D eigenvalue weighted by molar-refractivity contribution is 0.0185. The lowest BCUT2D eigenvalue weighted by Crippen LogP contribution is -2.42. The number of nitrogens with two attached hydrogens (primary N) is 1. The summed E-state index contributed by atoms with van der Waals surface area (Å²) in [7, 11) is 0. The van der Waals surface area contributed by atoms with Crippen LogP contribution in [0, 0.1) is 5.82 Å². The number of hydrogen-bond donors (Lipinski definition) is 1. The Hall–Kier alpha value is -3.72. The van der Waals surface area contributed by atoms with Crippen molar-refractivity contribution in [1.29, 1.82) is 0 Å². The predicted molar refractivity (Wildman–Crippen MR) is 142 cm³/mol. The molecular formula is C27H28ClFN6O2. The number of aromatic nitrogens is 4. The number of carbonyl (C=O) groups excluding carboxylic acids is 1. The highest BCUT2D eigenvalue weighted by molar-refractivity contribution is 6.35. The summed E-state index contributed by atoms with van der Waals surface area (Å²) in [5, 5.41) is 6.18. The molecule has 0 bridgehead atoms. The number of ether oxygens (including phenoxy) is 1. The van der Waals surface area contributed by atoms with Gasteiger partial charge in [-0.25, -0.2) is 14.2 Å². The third-order valence-corrected chi connectivity index (χ3v) is 6.68. The first-order chi connectivity index (χ1) is 17.6. The van der Waals surface area contributed by atoms with Gasteiger partial charge in [-0.05, 0) is 63.3 Å². The number of pyridine rings is 2. The molecule has 1 saturated heterocycles. The fraction of sp³-hybridized carbons (Fsp3) is 0.333. The number of benzene rings is 1. The van der Waals surface area contributed by atoms with E-state index in [9.17, 15) is 9.18 Å². The Labute approximate surface area is 219 Å². The lowest BCUT2D eigenvalue weighted by Gasteiger charge is -2.33. The van der Waals surface area contributed by atoms with Gasteiger partial charge in [0.15, 0.2) is 0 Å². The fourth-order valence-electron chi connectivity index (χ4n) is 4.49. The summed E-state index contributed by atoms with van der Waals surface area (Å²) in [6.45, 7) is 6.82. The molecule has 1 fully saturated rings. The van der Waals surface area contributed by atoms with Crippen molar-refractivity contribution in [1.82, 2.24) is 24.6 Å². The SMILES string of the molecule is CC(C)(C)OC(=O)N1CCC(n2cc(-c3cnc(N)c(-c4cc5cc(F)cc(Cl)c5cn4)c3)cn2)CC1. The molecule has 1 aliphatic rings. The van der Waals surface area contributed by atoms with Crippen LogP contribution in [0.25, 0.3) is 33.2 Å². The van der Waals surface area contributed by atoms with Crippen LogP contribution in [0.1, 0.15) is 39.7 Å². The van der Waals surface area contributed by atoms with Crippen molar-refractivity contribution >= 4 is 34.3 Å². The van der Waals surface area contributed by atoms with Crippen molar-refractivity contribution in [2.75, 3.05) is 18.8 Å². The zero-order valence-corrected chi connectivity index (χ0v) is 21.7. The first kappa shape index (κ1) is 25.0. The minimum Gasteiger partial charge on any atom is -0.444 e. The number of nitrogen functional groups attached to an aromatic ring is 1. The van der Waals surface area contributed by atoms with Gasteiger partial charge >= 0.3 is 6.09 Å². The molecule has 3 aromatic heterocycles. The summed E-state index contributed by atoms with van der Waals surface area (Å²) >= 11 is 6.16. The van der Waals surface area contributed by atoms with Crippen molar-refractivity contribution in [3.63, 3.8) is 0 Å². The average Bonchev–Trinajstić information content (AvgIpc) is 3.33. The number of fused-ring (bicyclic) bond motifs is 1. The van der Waals surface area contributed by atoms with E-state index in [0.29, 0.717) is 46.0 Å². The molecule has 1 aliphatic heterocycles. The highest BCUT2D eigenvalue weighted by atomic mass is 35.5. The van der Waals surface area contributed by atoms with E-state index in [1.165, 1.54) is 12.1 Å². The molecule has 0 aliphatic carbocycles. The van der Waals surface area contributed by atoms with Gasteiger partial charge in [-0.3, -0.25) is 9.67 Å². The van der Waals surface area contributed by atoms with Crippen molar-refractivity contribution in [2.24, 2.45) is 0 Å². The van der Waals surface area contributed by atoms with E-state index in [2.05, 4.69) is 15.1 Å². The monoisotopic (exact) mass is 522 g/mol. The quantitative estimate of drug-likeness (QED) is 0.348. The van der Waals surface area contributed by atoms with Crippen LogP contribution in [-0.2, 0) is 4.74 Å².